The summed E-state index contributed by atoms with van der Waals surface area (Å²) in [5.74, 6) is 0.605. The number of benzene rings is 1. The maximum atomic E-state index is 11.9. The molecule has 0 aliphatic rings. The SMILES string of the molecule is CCNCc1cc(Cl)ccc1OCC(=O)NC(CC)CC. The Morgan fingerprint density at radius 2 is 2.00 bits per heavy atom. The normalized spacial score (nSPS) is 10.7. The highest BCUT2D eigenvalue weighted by molar-refractivity contribution is 6.30. The minimum atomic E-state index is -0.0898. The van der Waals surface area contributed by atoms with Crippen LogP contribution >= 0.6 is 11.6 Å². The molecule has 1 rings (SSSR count). The molecule has 0 aliphatic carbocycles. The minimum absolute atomic E-state index is 0.0251. The molecule has 0 heterocycles. The van der Waals surface area contributed by atoms with Crippen LogP contribution in [-0.4, -0.2) is 25.1 Å². The zero-order valence-corrected chi connectivity index (χ0v) is 13.8. The Morgan fingerprint density at radius 3 is 2.62 bits per heavy atom. The van der Waals surface area contributed by atoms with Gasteiger partial charge in [0.2, 0.25) is 0 Å². The van der Waals surface area contributed by atoms with Crippen LogP contribution in [0.5, 0.6) is 5.75 Å². The summed E-state index contributed by atoms with van der Waals surface area (Å²) in [4.78, 5) is 11.9. The first kappa shape index (κ1) is 17.8. The predicted molar refractivity (Wildman–Crippen MR) is 86.8 cm³/mol. The minimum Gasteiger partial charge on any atom is -0.483 e. The highest BCUT2D eigenvalue weighted by Gasteiger charge is 2.10. The number of rotatable bonds is 9. The molecule has 118 valence electrons. The number of ether oxygens (including phenoxy) is 1. The van der Waals surface area contributed by atoms with Crippen LogP contribution in [0.25, 0.3) is 0 Å². The summed E-state index contributed by atoms with van der Waals surface area (Å²) in [7, 11) is 0. The van der Waals surface area contributed by atoms with Crippen molar-refractivity contribution in [3.05, 3.63) is 28.8 Å². The predicted octanol–water partition coefficient (Wildman–Crippen LogP) is 3.13. The van der Waals surface area contributed by atoms with Gasteiger partial charge in [0, 0.05) is 23.2 Å². The number of hydrogen-bond donors (Lipinski definition) is 2. The van der Waals surface area contributed by atoms with Gasteiger partial charge in [-0.3, -0.25) is 4.79 Å². The lowest BCUT2D eigenvalue weighted by Crippen LogP contribution is -2.37. The monoisotopic (exact) mass is 312 g/mol. The number of carbonyl (C=O) groups excluding carboxylic acids is 1. The van der Waals surface area contributed by atoms with Crippen LogP contribution in [0, 0.1) is 0 Å². The molecular formula is C16H25ClN2O2. The van der Waals surface area contributed by atoms with Crippen LogP contribution in [0.15, 0.2) is 18.2 Å². The molecule has 1 aromatic rings. The fourth-order valence-electron chi connectivity index (χ4n) is 1.99. The van der Waals surface area contributed by atoms with E-state index in [2.05, 4.69) is 24.5 Å². The van der Waals surface area contributed by atoms with E-state index < -0.39 is 0 Å². The Balaban J connectivity index is 2.59. The standard InChI is InChI=1S/C16H25ClN2O2/c1-4-14(5-2)19-16(20)11-21-15-8-7-13(17)9-12(15)10-18-6-3/h7-9,14,18H,4-6,10-11H2,1-3H3,(H,19,20). The summed E-state index contributed by atoms with van der Waals surface area (Å²) in [6, 6.07) is 5.65. The van der Waals surface area contributed by atoms with Gasteiger partial charge in [-0.2, -0.15) is 0 Å². The first-order valence-electron chi connectivity index (χ1n) is 7.51. The Labute approximate surface area is 132 Å². The molecule has 0 bridgehead atoms. The Bertz CT molecular complexity index is 448. The first-order valence-corrected chi connectivity index (χ1v) is 7.89. The van der Waals surface area contributed by atoms with Crippen molar-refractivity contribution >= 4 is 17.5 Å². The van der Waals surface area contributed by atoms with Crippen molar-refractivity contribution in [2.24, 2.45) is 0 Å². The highest BCUT2D eigenvalue weighted by atomic mass is 35.5. The van der Waals surface area contributed by atoms with Gasteiger partial charge in [-0.25, -0.2) is 0 Å². The second kappa shape index (κ2) is 9.64. The van der Waals surface area contributed by atoms with E-state index in [0.29, 0.717) is 17.3 Å². The van der Waals surface area contributed by atoms with Gasteiger partial charge >= 0.3 is 0 Å². The number of nitrogens with one attached hydrogen (secondary N) is 2. The fourth-order valence-corrected chi connectivity index (χ4v) is 2.19. The van der Waals surface area contributed by atoms with Crippen molar-refractivity contribution in [1.29, 1.82) is 0 Å². The number of hydrogen-bond acceptors (Lipinski definition) is 3. The van der Waals surface area contributed by atoms with Crippen LogP contribution < -0.4 is 15.4 Å². The molecule has 21 heavy (non-hydrogen) atoms. The molecule has 0 atom stereocenters. The van der Waals surface area contributed by atoms with Crippen molar-refractivity contribution < 1.29 is 9.53 Å². The van der Waals surface area contributed by atoms with Crippen molar-refractivity contribution in [3.8, 4) is 5.75 Å². The van der Waals surface area contributed by atoms with E-state index in [1.165, 1.54) is 0 Å². The van der Waals surface area contributed by atoms with Crippen molar-refractivity contribution in [2.45, 2.75) is 46.2 Å². The maximum absolute atomic E-state index is 11.9. The zero-order chi connectivity index (χ0) is 15.7. The molecule has 0 radical (unpaired) electrons. The molecule has 0 saturated heterocycles. The van der Waals surface area contributed by atoms with E-state index in [9.17, 15) is 4.79 Å². The summed E-state index contributed by atoms with van der Waals surface area (Å²) in [5.41, 5.74) is 0.958. The summed E-state index contributed by atoms with van der Waals surface area (Å²) in [5, 5.41) is 6.85. The molecule has 4 nitrogen and oxygen atoms in total. The molecule has 1 aromatic carbocycles. The lowest BCUT2D eigenvalue weighted by Gasteiger charge is -2.16. The lowest BCUT2D eigenvalue weighted by atomic mass is 10.2. The van der Waals surface area contributed by atoms with Gasteiger partial charge in [0.05, 0.1) is 0 Å². The fraction of sp³-hybridized carbons (Fsp3) is 0.562. The Hall–Kier alpha value is -1.26. The molecule has 0 unspecified atom stereocenters. The quantitative estimate of drug-likeness (QED) is 0.736. The Morgan fingerprint density at radius 1 is 1.29 bits per heavy atom. The second-order valence-corrected chi connectivity index (χ2v) is 5.34. The summed E-state index contributed by atoms with van der Waals surface area (Å²) in [6.45, 7) is 7.71. The highest BCUT2D eigenvalue weighted by Crippen LogP contribution is 2.22. The molecule has 0 spiro atoms. The molecule has 0 saturated carbocycles. The largest absolute Gasteiger partial charge is 0.483 e. The molecule has 0 fully saturated rings. The average Bonchev–Trinajstić information content (AvgIpc) is 2.49. The van der Waals surface area contributed by atoms with E-state index in [0.717, 1.165) is 24.9 Å². The van der Waals surface area contributed by atoms with E-state index in [-0.39, 0.29) is 18.6 Å². The van der Waals surface area contributed by atoms with Crippen LogP contribution in [-0.2, 0) is 11.3 Å². The van der Waals surface area contributed by atoms with Crippen LogP contribution in [0.4, 0.5) is 0 Å². The topological polar surface area (TPSA) is 50.4 Å². The van der Waals surface area contributed by atoms with Crippen LogP contribution in [0.1, 0.15) is 39.2 Å². The molecule has 0 aromatic heterocycles. The van der Waals surface area contributed by atoms with Crippen molar-refractivity contribution in [2.75, 3.05) is 13.2 Å². The third-order valence-corrected chi connectivity index (χ3v) is 3.53. The van der Waals surface area contributed by atoms with E-state index >= 15 is 0 Å². The van der Waals surface area contributed by atoms with Gasteiger partial charge in [-0.15, -0.1) is 0 Å². The molecule has 1 amide bonds. The second-order valence-electron chi connectivity index (χ2n) is 4.90. The van der Waals surface area contributed by atoms with Crippen molar-refractivity contribution in [1.82, 2.24) is 10.6 Å². The van der Waals surface area contributed by atoms with Gasteiger partial charge in [0.25, 0.3) is 5.91 Å². The molecule has 2 N–H and O–H groups in total. The lowest BCUT2D eigenvalue weighted by molar-refractivity contribution is -0.123. The number of halogens is 1. The molecular weight excluding hydrogens is 288 g/mol. The van der Waals surface area contributed by atoms with Crippen LogP contribution in [0.3, 0.4) is 0 Å². The third kappa shape index (κ3) is 6.36. The van der Waals surface area contributed by atoms with Gasteiger partial charge in [0.1, 0.15) is 5.75 Å². The number of amides is 1. The molecule has 0 aliphatic heterocycles. The van der Waals surface area contributed by atoms with Gasteiger partial charge in [0.15, 0.2) is 6.61 Å². The van der Waals surface area contributed by atoms with Crippen molar-refractivity contribution in [3.63, 3.8) is 0 Å². The summed E-state index contributed by atoms with van der Waals surface area (Å²) >= 11 is 6.00. The smallest absolute Gasteiger partial charge is 0.258 e. The molecule has 5 heteroatoms. The zero-order valence-electron chi connectivity index (χ0n) is 13.0. The van der Waals surface area contributed by atoms with E-state index in [1.807, 2.05) is 13.0 Å². The van der Waals surface area contributed by atoms with E-state index in [4.69, 9.17) is 16.3 Å². The van der Waals surface area contributed by atoms with Crippen LogP contribution in [0.2, 0.25) is 5.02 Å². The summed E-state index contributed by atoms with van der Waals surface area (Å²) < 4.78 is 5.63. The first-order chi connectivity index (χ1) is 10.1. The van der Waals surface area contributed by atoms with E-state index in [1.54, 1.807) is 12.1 Å². The Kier molecular flexibility index (Phi) is 8.16. The average molecular weight is 313 g/mol. The number of carbonyl (C=O) groups is 1. The third-order valence-electron chi connectivity index (χ3n) is 3.30. The van der Waals surface area contributed by atoms with Gasteiger partial charge in [-0.05, 0) is 37.6 Å². The summed E-state index contributed by atoms with van der Waals surface area (Å²) in [6.07, 6.45) is 1.85. The maximum Gasteiger partial charge on any atom is 0.258 e. The van der Waals surface area contributed by atoms with Gasteiger partial charge in [-0.1, -0.05) is 32.4 Å². The van der Waals surface area contributed by atoms with Gasteiger partial charge < -0.3 is 15.4 Å².